The van der Waals surface area contributed by atoms with Crippen LogP contribution < -0.4 is 11.3 Å². The summed E-state index contributed by atoms with van der Waals surface area (Å²) in [5.74, 6) is 0.0142. The van der Waals surface area contributed by atoms with Gasteiger partial charge >= 0.3 is 0 Å². The van der Waals surface area contributed by atoms with Crippen LogP contribution in [-0.2, 0) is 0 Å². The lowest BCUT2D eigenvalue weighted by Crippen LogP contribution is -2.13. The number of halogens is 2. The maximum absolute atomic E-state index is 12.5. The van der Waals surface area contributed by atoms with Gasteiger partial charge in [-0.2, -0.15) is 4.98 Å². The molecule has 0 fully saturated rings. The number of H-pyrrole nitrogens is 1. The molecule has 0 spiro atoms. The van der Waals surface area contributed by atoms with E-state index >= 15 is 0 Å². The van der Waals surface area contributed by atoms with Gasteiger partial charge in [0.2, 0.25) is 5.95 Å². The fourth-order valence-corrected chi connectivity index (χ4v) is 3.13. The second-order valence-corrected chi connectivity index (χ2v) is 6.59. The fourth-order valence-electron chi connectivity index (χ4n) is 2.81. The van der Waals surface area contributed by atoms with E-state index in [0.29, 0.717) is 26.7 Å². The molecule has 4 rings (SSSR count). The summed E-state index contributed by atoms with van der Waals surface area (Å²) in [4.78, 5) is 23.7. The number of hydrogen-bond acceptors (Lipinski definition) is 4. The number of aromatic nitrogens is 3. The number of anilines is 1. The van der Waals surface area contributed by atoms with Crippen LogP contribution in [0.1, 0.15) is 0 Å². The van der Waals surface area contributed by atoms with Gasteiger partial charge in [0.15, 0.2) is 5.65 Å². The molecular weight excluding hydrogens is 371 g/mol. The summed E-state index contributed by atoms with van der Waals surface area (Å²) < 4.78 is 0. The summed E-state index contributed by atoms with van der Waals surface area (Å²) in [5, 5.41) is 1.56. The van der Waals surface area contributed by atoms with E-state index in [1.807, 2.05) is 30.3 Å². The van der Waals surface area contributed by atoms with Crippen molar-refractivity contribution in [2.24, 2.45) is 0 Å². The molecule has 26 heavy (non-hydrogen) atoms. The number of fused-ring (bicyclic) bond motifs is 1. The van der Waals surface area contributed by atoms with Crippen molar-refractivity contribution in [1.82, 2.24) is 15.0 Å². The minimum atomic E-state index is -0.349. The number of rotatable bonds is 2. The summed E-state index contributed by atoms with van der Waals surface area (Å²) >= 11 is 12.1. The Morgan fingerprint density at radius 3 is 2.38 bits per heavy atom. The Bertz CT molecular complexity index is 1190. The molecule has 4 aromatic rings. The predicted octanol–water partition coefficient (Wildman–Crippen LogP) is 4.54. The quantitative estimate of drug-likeness (QED) is 0.532. The molecule has 2 aromatic carbocycles. The number of pyridine rings is 1. The van der Waals surface area contributed by atoms with Gasteiger partial charge in [-0.05, 0) is 35.9 Å². The van der Waals surface area contributed by atoms with E-state index in [9.17, 15) is 4.79 Å². The summed E-state index contributed by atoms with van der Waals surface area (Å²) in [6, 6.07) is 16.4. The van der Waals surface area contributed by atoms with Crippen molar-refractivity contribution in [3.8, 4) is 22.4 Å². The lowest BCUT2D eigenvalue weighted by Gasteiger charge is -2.10. The smallest absolute Gasteiger partial charge is 0.262 e. The molecule has 7 heteroatoms. The van der Waals surface area contributed by atoms with E-state index in [-0.39, 0.29) is 17.2 Å². The number of nitrogens with two attached hydrogens (primary N) is 1. The van der Waals surface area contributed by atoms with Gasteiger partial charge in [0, 0.05) is 21.2 Å². The largest absolute Gasteiger partial charge is 0.369 e. The van der Waals surface area contributed by atoms with Gasteiger partial charge in [-0.3, -0.25) is 9.78 Å². The van der Waals surface area contributed by atoms with Crippen LogP contribution in [0.5, 0.6) is 0 Å². The first-order chi connectivity index (χ1) is 12.5. The Morgan fingerprint density at radius 1 is 0.885 bits per heavy atom. The number of aromatic amines is 1. The molecule has 0 saturated heterocycles. The number of hydrogen-bond donors (Lipinski definition) is 2. The van der Waals surface area contributed by atoms with Crippen LogP contribution in [0.3, 0.4) is 0 Å². The topological polar surface area (TPSA) is 84.7 Å². The monoisotopic (exact) mass is 382 g/mol. The van der Waals surface area contributed by atoms with E-state index in [0.717, 1.165) is 11.1 Å². The van der Waals surface area contributed by atoms with Gasteiger partial charge in [-0.1, -0.05) is 47.5 Å². The van der Waals surface area contributed by atoms with Gasteiger partial charge in [0.25, 0.3) is 5.56 Å². The molecule has 0 saturated carbocycles. The molecule has 0 unspecified atom stereocenters. The normalized spacial score (nSPS) is 11.0. The van der Waals surface area contributed by atoms with Crippen LogP contribution in [0.25, 0.3) is 33.4 Å². The second-order valence-electron chi connectivity index (χ2n) is 5.72. The number of nitrogen functional groups attached to an aromatic ring is 1. The maximum Gasteiger partial charge on any atom is 0.262 e. The zero-order valence-electron chi connectivity index (χ0n) is 13.3. The van der Waals surface area contributed by atoms with Crippen LogP contribution in [0, 0.1) is 0 Å². The molecule has 2 aromatic heterocycles. The first-order valence-corrected chi connectivity index (χ1v) is 8.49. The second kappa shape index (κ2) is 6.44. The van der Waals surface area contributed by atoms with Gasteiger partial charge < -0.3 is 5.73 Å². The molecule has 0 radical (unpaired) electrons. The zero-order chi connectivity index (χ0) is 18.3. The molecule has 0 aliphatic rings. The molecule has 0 bridgehead atoms. The van der Waals surface area contributed by atoms with Gasteiger partial charge in [0.05, 0.1) is 11.1 Å². The number of benzene rings is 2. The van der Waals surface area contributed by atoms with Gasteiger partial charge in [-0.15, -0.1) is 0 Å². The number of nitrogens with one attached hydrogen (secondary N) is 1. The highest BCUT2D eigenvalue weighted by molar-refractivity contribution is 6.31. The average Bonchev–Trinajstić information content (AvgIpc) is 2.61. The SMILES string of the molecule is Nc1nc2nc(-c3ccc(Cl)cc3)cc(-c3cccc(Cl)c3)c2c(=O)[nH]1. The molecule has 0 amide bonds. The van der Waals surface area contributed by atoms with Crippen molar-refractivity contribution < 1.29 is 0 Å². The first-order valence-electron chi connectivity index (χ1n) is 7.74. The van der Waals surface area contributed by atoms with Crippen LogP contribution in [0.4, 0.5) is 5.95 Å². The van der Waals surface area contributed by atoms with Crippen molar-refractivity contribution in [2.45, 2.75) is 0 Å². The minimum absolute atomic E-state index is 0.0142. The predicted molar refractivity (Wildman–Crippen MR) is 105 cm³/mol. The highest BCUT2D eigenvalue weighted by Crippen LogP contribution is 2.31. The Labute approximate surface area is 158 Å². The average molecular weight is 383 g/mol. The molecule has 0 atom stereocenters. The van der Waals surface area contributed by atoms with Crippen LogP contribution in [0.15, 0.2) is 59.4 Å². The minimum Gasteiger partial charge on any atom is -0.369 e. The lowest BCUT2D eigenvalue weighted by molar-refractivity contribution is 1.16. The molecule has 128 valence electrons. The summed E-state index contributed by atoms with van der Waals surface area (Å²) in [7, 11) is 0. The highest BCUT2D eigenvalue weighted by Gasteiger charge is 2.14. The third-order valence-corrected chi connectivity index (χ3v) is 4.46. The van der Waals surface area contributed by atoms with Crippen molar-refractivity contribution >= 4 is 40.2 Å². The summed E-state index contributed by atoms with van der Waals surface area (Å²) in [5.41, 5.74) is 8.59. The lowest BCUT2D eigenvalue weighted by atomic mass is 10.0. The molecule has 0 aliphatic heterocycles. The third kappa shape index (κ3) is 3.03. The molecule has 0 aliphatic carbocycles. The summed E-state index contributed by atoms with van der Waals surface area (Å²) in [6.45, 7) is 0. The third-order valence-electron chi connectivity index (χ3n) is 3.97. The Balaban J connectivity index is 2.07. The van der Waals surface area contributed by atoms with Gasteiger partial charge in [-0.25, -0.2) is 4.98 Å². The number of nitrogens with zero attached hydrogens (tertiary/aromatic N) is 2. The van der Waals surface area contributed by atoms with Crippen molar-refractivity contribution in [3.63, 3.8) is 0 Å². The summed E-state index contributed by atoms with van der Waals surface area (Å²) in [6.07, 6.45) is 0. The molecule has 3 N–H and O–H groups in total. The van der Waals surface area contributed by atoms with E-state index in [4.69, 9.17) is 28.9 Å². The molecular formula is C19H12Cl2N4O. The van der Waals surface area contributed by atoms with Gasteiger partial charge in [0.1, 0.15) is 0 Å². The van der Waals surface area contributed by atoms with Crippen LogP contribution >= 0.6 is 23.2 Å². The highest BCUT2D eigenvalue weighted by atomic mass is 35.5. The van der Waals surface area contributed by atoms with Crippen molar-refractivity contribution in [2.75, 3.05) is 5.73 Å². The van der Waals surface area contributed by atoms with E-state index in [1.54, 1.807) is 24.3 Å². The Morgan fingerprint density at radius 2 is 1.65 bits per heavy atom. The van der Waals surface area contributed by atoms with E-state index < -0.39 is 0 Å². The maximum atomic E-state index is 12.5. The first kappa shape index (κ1) is 16.6. The van der Waals surface area contributed by atoms with Crippen molar-refractivity contribution in [3.05, 3.63) is 75.0 Å². The van der Waals surface area contributed by atoms with Crippen molar-refractivity contribution in [1.29, 1.82) is 0 Å². The fraction of sp³-hybridized carbons (Fsp3) is 0. The Kier molecular flexibility index (Phi) is 4.11. The zero-order valence-corrected chi connectivity index (χ0v) is 14.8. The van der Waals surface area contributed by atoms with E-state index in [1.165, 1.54) is 0 Å². The van der Waals surface area contributed by atoms with E-state index in [2.05, 4.69) is 15.0 Å². The Hall–Kier alpha value is -2.89. The standard InChI is InChI=1S/C19H12Cl2N4O/c20-12-6-4-10(5-7-12)15-9-14(11-2-1-3-13(21)8-11)16-17(23-15)24-19(22)25-18(16)26/h1-9H,(H3,22,23,24,25,26). The van der Waals surface area contributed by atoms with Crippen LogP contribution in [0.2, 0.25) is 10.0 Å². The molecule has 5 nitrogen and oxygen atoms in total. The molecule has 2 heterocycles. The van der Waals surface area contributed by atoms with Crippen LogP contribution in [-0.4, -0.2) is 15.0 Å².